The van der Waals surface area contributed by atoms with Crippen LogP contribution in [0, 0.1) is 0 Å². The van der Waals surface area contributed by atoms with E-state index in [4.69, 9.17) is 9.47 Å². The van der Waals surface area contributed by atoms with Crippen molar-refractivity contribution in [2.24, 2.45) is 0 Å². The molecule has 0 saturated carbocycles. The number of hydrogen-bond donors (Lipinski definition) is 1. The van der Waals surface area contributed by atoms with Crippen molar-refractivity contribution in [2.45, 2.75) is 25.7 Å². The zero-order chi connectivity index (χ0) is 19.6. The Labute approximate surface area is 166 Å². The number of hydrogen-bond acceptors (Lipinski definition) is 7. The number of amides is 1. The number of carbonyl (C=O) groups excluding carboxylic acids is 3. The molecule has 1 amide bonds. The number of ether oxygens (including phenoxy) is 2. The number of rotatable bonds is 9. The summed E-state index contributed by atoms with van der Waals surface area (Å²) in [6.45, 7) is 3.19. The highest BCUT2D eigenvalue weighted by Gasteiger charge is 2.11. The van der Waals surface area contributed by atoms with Crippen LogP contribution in [0.4, 0.5) is 5.69 Å². The maximum Gasteiger partial charge on any atom is 0.338 e. The minimum Gasteiger partial charge on any atom is -0.459 e. The van der Waals surface area contributed by atoms with Crippen molar-refractivity contribution in [3.8, 4) is 0 Å². The second-order valence-corrected chi connectivity index (χ2v) is 7.83. The second kappa shape index (κ2) is 10.7. The standard InChI is InChI=1S/C19H21NO5S2/c1-13(2)25-19(23)14-5-7-15(8-6-14)20-17(21)10-24-18(22)12-26-11-16-4-3-9-27-16/h3-9,13H,10-12H2,1-2H3,(H,20,21). The summed E-state index contributed by atoms with van der Waals surface area (Å²) in [7, 11) is 0. The van der Waals surface area contributed by atoms with Gasteiger partial charge in [0.2, 0.25) is 0 Å². The summed E-state index contributed by atoms with van der Waals surface area (Å²) >= 11 is 3.08. The van der Waals surface area contributed by atoms with E-state index in [0.717, 1.165) is 5.75 Å². The fourth-order valence-corrected chi connectivity index (χ4v) is 3.65. The van der Waals surface area contributed by atoms with Gasteiger partial charge in [-0.15, -0.1) is 23.1 Å². The summed E-state index contributed by atoms with van der Waals surface area (Å²) < 4.78 is 10.1. The van der Waals surface area contributed by atoms with Gasteiger partial charge in [-0.3, -0.25) is 9.59 Å². The van der Waals surface area contributed by atoms with Gasteiger partial charge in [-0.25, -0.2) is 4.79 Å². The molecule has 0 fully saturated rings. The molecule has 144 valence electrons. The number of thioether (sulfide) groups is 1. The zero-order valence-electron chi connectivity index (χ0n) is 15.1. The number of benzene rings is 1. The van der Waals surface area contributed by atoms with Gasteiger partial charge in [-0.2, -0.15) is 0 Å². The molecule has 2 aromatic rings. The van der Waals surface area contributed by atoms with Gasteiger partial charge in [0, 0.05) is 16.3 Å². The van der Waals surface area contributed by atoms with Gasteiger partial charge >= 0.3 is 11.9 Å². The van der Waals surface area contributed by atoms with E-state index in [9.17, 15) is 14.4 Å². The lowest BCUT2D eigenvalue weighted by atomic mass is 10.2. The maximum atomic E-state index is 11.9. The van der Waals surface area contributed by atoms with Crippen molar-refractivity contribution in [3.63, 3.8) is 0 Å². The van der Waals surface area contributed by atoms with E-state index in [1.807, 2.05) is 17.5 Å². The molecule has 1 heterocycles. The average Bonchev–Trinajstić information content (AvgIpc) is 3.13. The van der Waals surface area contributed by atoms with Gasteiger partial charge in [0.15, 0.2) is 6.61 Å². The molecule has 0 radical (unpaired) electrons. The van der Waals surface area contributed by atoms with Crippen LogP contribution in [0.25, 0.3) is 0 Å². The van der Waals surface area contributed by atoms with Crippen molar-refractivity contribution < 1.29 is 23.9 Å². The van der Waals surface area contributed by atoms with Crippen LogP contribution in [0.1, 0.15) is 29.1 Å². The Balaban J connectivity index is 1.68. The summed E-state index contributed by atoms with van der Waals surface area (Å²) in [6, 6.07) is 10.3. The molecule has 1 aromatic carbocycles. The van der Waals surface area contributed by atoms with Crippen LogP contribution in [0.3, 0.4) is 0 Å². The van der Waals surface area contributed by atoms with Crippen LogP contribution in [0.15, 0.2) is 41.8 Å². The van der Waals surface area contributed by atoms with Crippen LogP contribution in [-0.2, 0) is 24.8 Å². The molecule has 0 unspecified atom stereocenters. The fourth-order valence-electron chi connectivity index (χ4n) is 1.99. The summed E-state index contributed by atoms with van der Waals surface area (Å²) in [4.78, 5) is 36.5. The lowest BCUT2D eigenvalue weighted by Gasteiger charge is -2.09. The van der Waals surface area contributed by atoms with E-state index in [1.165, 1.54) is 16.6 Å². The van der Waals surface area contributed by atoms with Gasteiger partial charge in [-0.1, -0.05) is 6.07 Å². The molecule has 2 rings (SSSR count). The third-order valence-electron chi connectivity index (χ3n) is 3.16. The average molecular weight is 408 g/mol. The zero-order valence-corrected chi connectivity index (χ0v) is 16.7. The Bertz CT molecular complexity index is 757. The molecular formula is C19H21NO5S2. The number of esters is 2. The van der Waals surface area contributed by atoms with Gasteiger partial charge in [0.1, 0.15) is 0 Å². The summed E-state index contributed by atoms with van der Waals surface area (Å²) in [6.07, 6.45) is -0.199. The van der Waals surface area contributed by atoms with E-state index in [-0.39, 0.29) is 18.5 Å². The quantitative estimate of drug-likeness (QED) is 0.638. The van der Waals surface area contributed by atoms with Crippen molar-refractivity contribution in [1.29, 1.82) is 0 Å². The second-order valence-electron chi connectivity index (χ2n) is 5.81. The van der Waals surface area contributed by atoms with Crippen LogP contribution in [0.2, 0.25) is 0 Å². The Morgan fingerprint density at radius 2 is 1.89 bits per heavy atom. The number of nitrogens with one attached hydrogen (secondary N) is 1. The number of anilines is 1. The summed E-state index contributed by atoms with van der Waals surface area (Å²) in [5.41, 5.74) is 0.903. The lowest BCUT2D eigenvalue weighted by Crippen LogP contribution is -2.21. The SMILES string of the molecule is CC(C)OC(=O)c1ccc(NC(=O)COC(=O)CSCc2cccs2)cc1. The maximum absolute atomic E-state index is 11.9. The van der Waals surface area contributed by atoms with E-state index < -0.39 is 17.8 Å². The molecule has 0 aliphatic carbocycles. The first-order valence-electron chi connectivity index (χ1n) is 8.30. The minimum absolute atomic E-state index is 0.192. The first kappa shape index (κ1) is 21.0. The molecule has 0 aliphatic rings. The normalized spacial score (nSPS) is 10.5. The summed E-state index contributed by atoms with van der Waals surface area (Å²) in [5.74, 6) is -0.359. The van der Waals surface area contributed by atoms with Crippen LogP contribution < -0.4 is 5.32 Å². The third kappa shape index (κ3) is 7.84. The van der Waals surface area contributed by atoms with E-state index >= 15 is 0 Å². The Morgan fingerprint density at radius 1 is 1.15 bits per heavy atom. The van der Waals surface area contributed by atoms with Crippen molar-refractivity contribution >= 4 is 46.6 Å². The highest BCUT2D eigenvalue weighted by atomic mass is 32.2. The molecule has 8 heteroatoms. The molecule has 0 bridgehead atoms. The topological polar surface area (TPSA) is 81.7 Å². The monoisotopic (exact) mass is 407 g/mol. The summed E-state index contributed by atoms with van der Waals surface area (Å²) in [5, 5.41) is 4.59. The molecule has 1 N–H and O–H groups in total. The van der Waals surface area contributed by atoms with Gasteiger partial charge in [0.05, 0.1) is 17.4 Å². The lowest BCUT2D eigenvalue weighted by molar-refractivity contribution is -0.144. The smallest absolute Gasteiger partial charge is 0.338 e. The van der Waals surface area contributed by atoms with Crippen molar-refractivity contribution in [3.05, 3.63) is 52.2 Å². The van der Waals surface area contributed by atoms with Gasteiger partial charge in [0.25, 0.3) is 5.91 Å². The van der Waals surface area contributed by atoms with Gasteiger partial charge in [-0.05, 0) is 49.6 Å². The Kier molecular flexibility index (Phi) is 8.35. The molecule has 1 aromatic heterocycles. The molecule has 6 nitrogen and oxygen atoms in total. The van der Waals surface area contributed by atoms with E-state index in [2.05, 4.69) is 5.32 Å². The molecule has 0 saturated heterocycles. The Hall–Kier alpha value is -2.32. The molecule has 27 heavy (non-hydrogen) atoms. The predicted octanol–water partition coefficient (Wildman–Crippen LogP) is 3.73. The van der Waals surface area contributed by atoms with Crippen LogP contribution in [0.5, 0.6) is 0 Å². The molecule has 0 spiro atoms. The van der Waals surface area contributed by atoms with E-state index in [0.29, 0.717) is 11.3 Å². The van der Waals surface area contributed by atoms with Crippen LogP contribution >= 0.6 is 23.1 Å². The third-order valence-corrected chi connectivity index (χ3v) is 5.17. The number of thiophene rings is 1. The van der Waals surface area contributed by atoms with Crippen LogP contribution in [-0.4, -0.2) is 36.3 Å². The first-order chi connectivity index (χ1) is 12.9. The van der Waals surface area contributed by atoms with Crippen molar-refractivity contribution in [1.82, 2.24) is 0 Å². The Morgan fingerprint density at radius 3 is 2.52 bits per heavy atom. The van der Waals surface area contributed by atoms with Crippen molar-refractivity contribution in [2.75, 3.05) is 17.7 Å². The predicted molar refractivity (Wildman–Crippen MR) is 107 cm³/mol. The molecule has 0 atom stereocenters. The fraction of sp³-hybridized carbons (Fsp3) is 0.316. The highest BCUT2D eigenvalue weighted by molar-refractivity contribution is 7.99. The van der Waals surface area contributed by atoms with E-state index in [1.54, 1.807) is 49.4 Å². The molecular weight excluding hydrogens is 386 g/mol. The highest BCUT2D eigenvalue weighted by Crippen LogP contribution is 2.17. The first-order valence-corrected chi connectivity index (χ1v) is 10.3. The minimum atomic E-state index is -0.441. The number of carbonyl (C=O) groups is 3. The largest absolute Gasteiger partial charge is 0.459 e. The molecule has 0 aliphatic heterocycles. The van der Waals surface area contributed by atoms with Gasteiger partial charge < -0.3 is 14.8 Å².